The lowest BCUT2D eigenvalue weighted by molar-refractivity contribution is 0.328. The number of rotatable bonds is 4. The fraction of sp³-hybridized carbons (Fsp3) is 0.286. The molecule has 106 valence electrons. The summed E-state index contributed by atoms with van der Waals surface area (Å²) in [7, 11) is 0. The van der Waals surface area contributed by atoms with Crippen LogP contribution >= 0.6 is 15.9 Å². The van der Waals surface area contributed by atoms with Crippen molar-refractivity contribution in [1.29, 1.82) is 0 Å². The van der Waals surface area contributed by atoms with E-state index in [2.05, 4.69) is 31.2 Å². The van der Waals surface area contributed by atoms with Crippen LogP contribution in [-0.2, 0) is 0 Å². The summed E-state index contributed by atoms with van der Waals surface area (Å²) in [4.78, 5) is 8.17. The Balaban J connectivity index is 2.33. The SMILES string of the molecule is CCOc1ncnc(Nc2cc(C)c(Br)c(C)c2)c1N. The first-order valence-corrected chi connectivity index (χ1v) is 7.09. The lowest BCUT2D eigenvalue weighted by Gasteiger charge is -2.13. The Hall–Kier alpha value is -1.82. The minimum Gasteiger partial charge on any atom is -0.476 e. The number of aryl methyl sites for hydroxylation is 2. The van der Waals surface area contributed by atoms with Crippen molar-refractivity contribution in [2.24, 2.45) is 0 Å². The Morgan fingerprint density at radius 2 is 1.90 bits per heavy atom. The van der Waals surface area contributed by atoms with Gasteiger partial charge in [-0.1, -0.05) is 15.9 Å². The first-order chi connectivity index (χ1) is 9.52. The number of halogens is 1. The summed E-state index contributed by atoms with van der Waals surface area (Å²) in [6, 6.07) is 4.05. The molecule has 0 atom stereocenters. The highest BCUT2D eigenvalue weighted by atomic mass is 79.9. The highest BCUT2D eigenvalue weighted by molar-refractivity contribution is 9.10. The molecule has 2 aromatic rings. The third kappa shape index (κ3) is 3.01. The van der Waals surface area contributed by atoms with Crippen molar-refractivity contribution in [3.05, 3.63) is 34.1 Å². The zero-order valence-corrected chi connectivity index (χ0v) is 13.3. The summed E-state index contributed by atoms with van der Waals surface area (Å²) in [6.45, 7) is 6.47. The summed E-state index contributed by atoms with van der Waals surface area (Å²) in [5, 5.41) is 3.20. The topological polar surface area (TPSA) is 73.1 Å². The Kier molecular flexibility index (Phi) is 4.44. The van der Waals surface area contributed by atoms with Crippen molar-refractivity contribution in [1.82, 2.24) is 9.97 Å². The van der Waals surface area contributed by atoms with Crippen LogP contribution in [0.2, 0.25) is 0 Å². The summed E-state index contributed by atoms with van der Waals surface area (Å²) in [5.41, 5.74) is 9.63. The zero-order valence-electron chi connectivity index (χ0n) is 11.7. The van der Waals surface area contributed by atoms with E-state index >= 15 is 0 Å². The van der Waals surface area contributed by atoms with Crippen molar-refractivity contribution in [3.63, 3.8) is 0 Å². The summed E-state index contributed by atoms with van der Waals surface area (Å²) < 4.78 is 6.46. The van der Waals surface area contributed by atoms with E-state index in [1.54, 1.807) is 0 Å². The molecule has 0 saturated heterocycles. The highest BCUT2D eigenvalue weighted by Crippen LogP contribution is 2.30. The van der Waals surface area contributed by atoms with E-state index < -0.39 is 0 Å². The van der Waals surface area contributed by atoms with Crippen LogP contribution in [0, 0.1) is 13.8 Å². The molecule has 0 unspecified atom stereocenters. The predicted molar refractivity (Wildman–Crippen MR) is 84.5 cm³/mol. The Bertz CT molecular complexity index is 608. The molecule has 1 aromatic carbocycles. The zero-order chi connectivity index (χ0) is 14.7. The van der Waals surface area contributed by atoms with Crippen LogP contribution in [0.3, 0.4) is 0 Å². The van der Waals surface area contributed by atoms with Gasteiger partial charge in [-0.25, -0.2) is 4.98 Å². The van der Waals surface area contributed by atoms with Gasteiger partial charge in [-0.2, -0.15) is 4.98 Å². The van der Waals surface area contributed by atoms with Gasteiger partial charge in [0.25, 0.3) is 0 Å². The second-order valence-corrected chi connectivity index (χ2v) is 5.22. The average molecular weight is 337 g/mol. The second-order valence-electron chi connectivity index (χ2n) is 4.42. The molecule has 0 spiro atoms. The van der Waals surface area contributed by atoms with Gasteiger partial charge in [-0.05, 0) is 44.0 Å². The molecule has 0 aliphatic carbocycles. The predicted octanol–water partition coefficient (Wildman–Crippen LogP) is 3.58. The molecular formula is C14H17BrN4O. The van der Waals surface area contributed by atoms with Gasteiger partial charge < -0.3 is 15.8 Å². The number of nitrogen functional groups attached to an aromatic ring is 1. The van der Waals surface area contributed by atoms with E-state index in [9.17, 15) is 0 Å². The van der Waals surface area contributed by atoms with Crippen molar-refractivity contribution in [2.45, 2.75) is 20.8 Å². The maximum atomic E-state index is 6.00. The van der Waals surface area contributed by atoms with Gasteiger partial charge in [0.2, 0.25) is 5.88 Å². The molecule has 0 radical (unpaired) electrons. The lowest BCUT2D eigenvalue weighted by Crippen LogP contribution is -2.05. The molecule has 1 heterocycles. The van der Waals surface area contributed by atoms with E-state index in [0.717, 1.165) is 21.3 Å². The summed E-state index contributed by atoms with van der Waals surface area (Å²) in [6.07, 6.45) is 1.43. The maximum Gasteiger partial charge on any atom is 0.242 e. The van der Waals surface area contributed by atoms with E-state index in [0.29, 0.717) is 24.0 Å². The fourth-order valence-electron chi connectivity index (χ4n) is 1.89. The molecule has 0 fully saturated rings. The van der Waals surface area contributed by atoms with E-state index in [4.69, 9.17) is 10.5 Å². The first-order valence-electron chi connectivity index (χ1n) is 6.30. The molecule has 0 aliphatic rings. The molecule has 1 aromatic heterocycles. The summed E-state index contributed by atoms with van der Waals surface area (Å²) >= 11 is 3.55. The van der Waals surface area contributed by atoms with Gasteiger partial charge in [-0.3, -0.25) is 0 Å². The van der Waals surface area contributed by atoms with Crippen LogP contribution < -0.4 is 15.8 Å². The molecule has 6 heteroatoms. The minimum atomic E-state index is 0.399. The molecule has 3 N–H and O–H groups in total. The first kappa shape index (κ1) is 14.6. The minimum absolute atomic E-state index is 0.399. The van der Waals surface area contributed by atoms with Crippen molar-refractivity contribution in [3.8, 4) is 5.88 Å². The molecule has 0 saturated carbocycles. The number of aromatic nitrogens is 2. The van der Waals surface area contributed by atoms with Crippen LogP contribution in [0.15, 0.2) is 22.9 Å². The molecule has 2 rings (SSSR count). The number of ether oxygens (including phenoxy) is 1. The third-order valence-electron chi connectivity index (χ3n) is 2.83. The Labute approximate surface area is 126 Å². The van der Waals surface area contributed by atoms with Crippen LogP contribution in [0.1, 0.15) is 18.1 Å². The van der Waals surface area contributed by atoms with E-state index in [1.807, 2.05) is 32.9 Å². The van der Waals surface area contributed by atoms with Gasteiger partial charge in [0, 0.05) is 10.2 Å². The normalized spacial score (nSPS) is 10.4. The lowest BCUT2D eigenvalue weighted by atomic mass is 10.1. The Morgan fingerprint density at radius 3 is 2.50 bits per heavy atom. The molecular weight excluding hydrogens is 320 g/mol. The molecule has 0 amide bonds. The van der Waals surface area contributed by atoms with Gasteiger partial charge in [0.05, 0.1) is 6.61 Å². The maximum absolute atomic E-state index is 6.00. The number of nitrogens with two attached hydrogens (primary N) is 1. The second kappa shape index (κ2) is 6.09. The quantitative estimate of drug-likeness (QED) is 0.892. The van der Waals surface area contributed by atoms with Gasteiger partial charge in [0.1, 0.15) is 12.0 Å². The molecule has 0 bridgehead atoms. The van der Waals surface area contributed by atoms with Crippen molar-refractivity contribution in [2.75, 3.05) is 17.7 Å². The smallest absolute Gasteiger partial charge is 0.242 e. The number of hydrogen-bond donors (Lipinski definition) is 2. The van der Waals surface area contributed by atoms with Gasteiger partial charge in [0.15, 0.2) is 5.82 Å². The van der Waals surface area contributed by atoms with Crippen LogP contribution in [0.5, 0.6) is 5.88 Å². The third-order valence-corrected chi connectivity index (χ3v) is 4.08. The number of nitrogens with zero attached hydrogens (tertiary/aromatic N) is 2. The molecule has 5 nitrogen and oxygen atoms in total. The van der Waals surface area contributed by atoms with Gasteiger partial charge in [-0.15, -0.1) is 0 Å². The van der Waals surface area contributed by atoms with E-state index in [-0.39, 0.29) is 0 Å². The van der Waals surface area contributed by atoms with Crippen molar-refractivity contribution < 1.29 is 4.74 Å². The average Bonchev–Trinajstić information content (AvgIpc) is 2.41. The van der Waals surface area contributed by atoms with Crippen LogP contribution in [0.4, 0.5) is 17.2 Å². The largest absolute Gasteiger partial charge is 0.476 e. The van der Waals surface area contributed by atoms with Gasteiger partial charge >= 0.3 is 0 Å². The van der Waals surface area contributed by atoms with Crippen LogP contribution in [0.25, 0.3) is 0 Å². The molecule has 20 heavy (non-hydrogen) atoms. The number of benzene rings is 1. The standard InChI is InChI=1S/C14H17BrN4O/c1-4-20-14-12(16)13(17-7-18-14)19-10-5-8(2)11(15)9(3)6-10/h5-7H,4,16H2,1-3H3,(H,17,18,19). The monoisotopic (exact) mass is 336 g/mol. The Morgan fingerprint density at radius 1 is 1.25 bits per heavy atom. The number of hydrogen-bond acceptors (Lipinski definition) is 5. The fourth-order valence-corrected chi connectivity index (χ4v) is 2.11. The highest BCUT2D eigenvalue weighted by Gasteiger charge is 2.10. The van der Waals surface area contributed by atoms with E-state index in [1.165, 1.54) is 6.33 Å². The summed E-state index contributed by atoms with van der Waals surface area (Å²) in [5.74, 6) is 0.945. The van der Waals surface area contributed by atoms with Crippen molar-refractivity contribution >= 4 is 33.1 Å². The number of anilines is 3. The van der Waals surface area contributed by atoms with Crippen LogP contribution in [-0.4, -0.2) is 16.6 Å². The number of nitrogens with one attached hydrogen (secondary N) is 1. The molecule has 0 aliphatic heterocycles.